The first-order valence-corrected chi connectivity index (χ1v) is 15.0. The number of fused-ring (bicyclic) bond motifs is 3. The van der Waals surface area contributed by atoms with Crippen LogP contribution < -0.4 is 9.50 Å². The number of amides is 1. The van der Waals surface area contributed by atoms with Crippen molar-refractivity contribution in [2.24, 2.45) is 5.92 Å². The Balaban J connectivity index is 1.38. The third kappa shape index (κ3) is 8.08. The standard InChI is InChI=1S/C31H35NO7S/c1-31(2,3)38-29(33)18-22(17-21-13-15-23(16-14-21)39-40(4,35)36)19-32-30(34)37-20-28-26-11-7-5-9-24(26)25-10-6-8-12-27(25)28/h5-16,22,28H,17-20H2,1-4H3,(H,32,34). The summed E-state index contributed by atoms with van der Waals surface area (Å²) < 4.78 is 38.8. The highest BCUT2D eigenvalue weighted by molar-refractivity contribution is 7.86. The van der Waals surface area contributed by atoms with Gasteiger partial charge in [-0.1, -0.05) is 60.7 Å². The Kier molecular flexibility index (Phi) is 8.83. The fourth-order valence-corrected chi connectivity index (χ4v) is 5.36. The van der Waals surface area contributed by atoms with Crippen LogP contribution in [0.15, 0.2) is 72.8 Å². The number of nitrogens with one attached hydrogen (secondary N) is 1. The van der Waals surface area contributed by atoms with Gasteiger partial charge >= 0.3 is 22.2 Å². The quantitative estimate of drug-likeness (QED) is 0.257. The van der Waals surface area contributed by atoms with Crippen LogP contribution in [-0.4, -0.2) is 45.5 Å². The number of benzene rings is 3. The molecule has 1 amide bonds. The van der Waals surface area contributed by atoms with Gasteiger partial charge in [0.2, 0.25) is 0 Å². The predicted octanol–water partition coefficient (Wildman–Crippen LogP) is 5.45. The van der Waals surface area contributed by atoms with E-state index in [4.69, 9.17) is 13.7 Å². The SMILES string of the molecule is CC(C)(C)OC(=O)CC(CNC(=O)OCC1c2ccccc2-c2ccccc21)Cc1ccc(OS(C)(=O)=O)cc1. The van der Waals surface area contributed by atoms with Crippen LogP contribution in [0.1, 0.15) is 49.8 Å². The van der Waals surface area contributed by atoms with Gasteiger partial charge in [0, 0.05) is 12.5 Å². The van der Waals surface area contributed by atoms with Crippen molar-refractivity contribution in [1.29, 1.82) is 0 Å². The van der Waals surface area contributed by atoms with Crippen molar-refractivity contribution < 1.29 is 31.7 Å². The minimum absolute atomic E-state index is 0.0524. The zero-order valence-corrected chi connectivity index (χ0v) is 24.0. The molecule has 0 aromatic heterocycles. The zero-order valence-electron chi connectivity index (χ0n) is 23.2. The van der Waals surface area contributed by atoms with Gasteiger partial charge in [-0.25, -0.2) is 4.79 Å². The van der Waals surface area contributed by atoms with Crippen molar-refractivity contribution in [3.8, 4) is 16.9 Å². The molecule has 8 nitrogen and oxygen atoms in total. The smallest absolute Gasteiger partial charge is 0.407 e. The molecule has 0 spiro atoms. The second kappa shape index (κ2) is 12.1. The molecule has 4 rings (SSSR count). The van der Waals surface area contributed by atoms with Crippen LogP contribution in [0, 0.1) is 5.92 Å². The van der Waals surface area contributed by atoms with Crippen LogP contribution in [-0.2, 0) is 30.8 Å². The van der Waals surface area contributed by atoms with Gasteiger partial charge in [-0.05, 0) is 73.1 Å². The number of hydrogen-bond acceptors (Lipinski definition) is 7. The summed E-state index contributed by atoms with van der Waals surface area (Å²) in [7, 11) is -3.63. The van der Waals surface area contributed by atoms with Crippen LogP contribution in [0.5, 0.6) is 5.75 Å². The number of hydrogen-bond donors (Lipinski definition) is 1. The van der Waals surface area contributed by atoms with Crippen LogP contribution >= 0.6 is 0 Å². The molecule has 1 unspecified atom stereocenters. The molecule has 0 saturated heterocycles. The summed E-state index contributed by atoms with van der Waals surface area (Å²) >= 11 is 0. The summed E-state index contributed by atoms with van der Waals surface area (Å²) in [4.78, 5) is 25.3. The Morgan fingerprint density at radius 1 is 0.900 bits per heavy atom. The summed E-state index contributed by atoms with van der Waals surface area (Å²) in [5, 5.41) is 2.81. The van der Waals surface area contributed by atoms with Gasteiger partial charge in [0.15, 0.2) is 0 Å². The van der Waals surface area contributed by atoms with Crippen molar-refractivity contribution >= 4 is 22.2 Å². The van der Waals surface area contributed by atoms with Crippen LogP contribution in [0.4, 0.5) is 4.79 Å². The number of carbonyl (C=O) groups is 2. The van der Waals surface area contributed by atoms with Crippen molar-refractivity contribution in [3.63, 3.8) is 0 Å². The van der Waals surface area contributed by atoms with Crippen LogP contribution in [0.3, 0.4) is 0 Å². The van der Waals surface area contributed by atoms with E-state index in [9.17, 15) is 18.0 Å². The van der Waals surface area contributed by atoms with Crippen molar-refractivity contribution in [3.05, 3.63) is 89.5 Å². The van der Waals surface area contributed by atoms with E-state index in [1.54, 1.807) is 45.0 Å². The highest BCUT2D eigenvalue weighted by Crippen LogP contribution is 2.44. The molecule has 3 aromatic rings. The topological polar surface area (TPSA) is 108 Å². The number of ether oxygens (including phenoxy) is 2. The van der Waals surface area contributed by atoms with Crippen molar-refractivity contribution in [2.45, 2.75) is 45.1 Å². The zero-order chi connectivity index (χ0) is 28.9. The first kappa shape index (κ1) is 29.1. The molecular weight excluding hydrogens is 530 g/mol. The molecule has 0 fully saturated rings. The molecule has 1 N–H and O–H groups in total. The van der Waals surface area contributed by atoms with Crippen molar-refractivity contribution in [1.82, 2.24) is 5.32 Å². The fraction of sp³-hybridized carbons (Fsp3) is 0.355. The Bertz CT molecular complexity index is 1410. The van der Waals surface area contributed by atoms with E-state index in [1.165, 1.54) is 0 Å². The molecule has 1 aliphatic rings. The van der Waals surface area contributed by atoms with Gasteiger partial charge in [0.05, 0.1) is 12.7 Å². The minimum Gasteiger partial charge on any atom is -0.460 e. The lowest BCUT2D eigenvalue weighted by atomic mass is 9.96. The minimum atomic E-state index is -3.63. The van der Waals surface area contributed by atoms with Crippen molar-refractivity contribution in [2.75, 3.05) is 19.4 Å². The lowest BCUT2D eigenvalue weighted by Crippen LogP contribution is -2.34. The molecular formula is C31H35NO7S. The molecule has 0 radical (unpaired) electrons. The average molecular weight is 566 g/mol. The van der Waals surface area contributed by atoms with Crippen LogP contribution in [0.2, 0.25) is 0 Å². The second-order valence-electron chi connectivity index (χ2n) is 11.0. The molecule has 9 heteroatoms. The first-order chi connectivity index (χ1) is 18.9. The summed E-state index contributed by atoms with van der Waals surface area (Å²) in [6, 6.07) is 22.8. The van der Waals surface area contributed by atoms with E-state index in [0.29, 0.717) is 6.42 Å². The largest absolute Gasteiger partial charge is 0.460 e. The Hall–Kier alpha value is -3.85. The summed E-state index contributed by atoms with van der Waals surface area (Å²) in [6.07, 6.45) is 0.949. The second-order valence-corrected chi connectivity index (χ2v) is 12.6. The van der Waals surface area contributed by atoms with Crippen LogP contribution in [0.25, 0.3) is 11.1 Å². The highest BCUT2D eigenvalue weighted by atomic mass is 32.2. The maximum atomic E-state index is 12.7. The van der Waals surface area contributed by atoms with E-state index in [-0.39, 0.29) is 43.1 Å². The maximum absolute atomic E-state index is 12.7. The number of esters is 1. The normalized spacial score (nSPS) is 13.6. The molecule has 0 bridgehead atoms. The van der Waals surface area contributed by atoms with E-state index in [1.807, 2.05) is 24.3 Å². The van der Waals surface area contributed by atoms with E-state index in [2.05, 4.69) is 29.6 Å². The number of carbonyl (C=O) groups excluding carboxylic acids is 2. The monoisotopic (exact) mass is 565 g/mol. The number of alkyl carbamates (subject to hydrolysis) is 1. The first-order valence-electron chi connectivity index (χ1n) is 13.2. The lowest BCUT2D eigenvalue weighted by Gasteiger charge is -2.23. The number of rotatable bonds is 10. The summed E-state index contributed by atoms with van der Waals surface area (Å²) in [6.45, 7) is 5.79. The molecule has 1 aliphatic carbocycles. The van der Waals surface area contributed by atoms with Gasteiger partial charge in [-0.2, -0.15) is 8.42 Å². The van der Waals surface area contributed by atoms with Gasteiger partial charge in [-0.3, -0.25) is 4.79 Å². The molecule has 0 saturated carbocycles. The molecule has 40 heavy (non-hydrogen) atoms. The molecule has 3 aromatic carbocycles. The Labute approximate surface area is 235 Å². The Morgan fingerprint density at radius 3 is 2.02 bits per heavy atom. The van der Waals surface area contributed by atoms with Gasteiger partial charge in [0.25, 0.3) is 0 Å². The molecule has 0 heterocycles. The highest BCUT2D eigenvalue weighted by Gasteiger charge is 2.29. The van der Waals surface area contributed by atoms with Gasteiger partial charge in [0.1, 0.15) is 18.0 Å². The third-order valence-corrected chi connectivity index (χ3v) is 6.94. The van der Waals surface area contributed by atoms with E-state index >= 15 is 0 Å². The summed E-state index contributed by atoms with van der Waals surface area (Å²) in [5.74, 6) is -0.504. The predicted molar refractivity (Wildman–Crippen MR) is 153 cm³/mol. The maximum Gasteiger partial charge on any atom is 0.407 e. The van der Waals surface area contributed by atoms with E-state index in [0.717, 1.165) is 34.1 Å². The summed E-state index contributed by atoms with van der Waals surface area (Å²) in [5.41, 5.74) is 4.77. The molecule has 212 valence electrons. The molecule has 0 aliphatic heterocycles. The third-order valence-electron chi connectivity index (χ3n) is 6.45. The van der Waals surface area contributed by atoms with Gasteiger partial charge < -0.3 is 19.0 Å². The lowest BCUT2D eigenvalue weighted by molar-refractivity contribution is -0.155. The molecule has 1 atom stereocenters. The van der Waals surface area contributed by atoms with E-state index < -0.39 is 21.8 Å². The fourth-order valence-electron chi connectivity index (χ4n) is 4.90. The Morgan fingerprint density at radius 2 is 1.48 bits per heavy atom. The average Bonchev–Trinajstić information content (AvgIpc) is 3.19. The van der Waals surface area contributed by atoms with Gasteiger partial charge in [-0.15, -0.1) is 0 Å².